The van der Waals surface area contributed by atoms with Gasteiger partial charge in [0.05, 0.1) is 12.9 Å². The van der Waals surface area contributed by atoms with Gasteiger partial charge in [-0.2, -0.15) is 0 Å². The molecule has 0 amide bonds. The summed E-state index contributed by atoms with van der Waals surface area (Å²) in [5, 5.41) is 0. The summed E-state index contributed by atoms with van der Waals surface area (Å²) < 4.78 is 28.4. The molecule has 2 aromatic heterocycles. The minimum Gasteiger partial charge on any atom is -0.382 e. The van der Waals surface area contributed by atoms with E-state index in [1.54, 1.807) is 6.33 Å². The van der Waals surface area contributed by atoms with Gasteiger partial charge < -0.3 is 24.7 Å². The van der Waals surface area contributed by atoms with Crippen LogP contribution < -0.4 is 5.73 Å². The van der Waals surface area contributed by atoms with Gasteiger partial charge in [-0.25, -0.2) is 15.0 Å². The zero-order chi connectivity index (χ0) is 28.0. The molecule has 0 bridgehead atoms. The lowest BCUT2D eigenvalue weighted by Gasteiger charge is -2.37. The molecule has 0 unspecified atom stereocenters. The van der Waals surface area contributed by atoms with E-state index in [2.05, 4.69) is 51.4 Å². The fourth-order valence-corrected chi connectivity index (χ4v) is 6.05. The Hall–Kier alpha value is -4.15. The smallest absolute Gasteiger partial charge is 0.167 e. The lowest BCUT2D eigenvalue weighted by atomic mass is 9.80. The normalized spacial score (nSPS) is 23.6. The van der Waals surface area contributed by atoms with Crippen LogP contribution in [-0.2, 0) is 24.5 Å². The number of nitrogens with zero attached hydrogens (tertiary/aromatic N) is 4. The first-order chi connectivity index (χ1) is 20.0. The molecule has 2 aliphatic rings. The number of benzene rings is 3. The molecular weight excluding hydrogens is 518 g/mol. The van der Waals surface area contributed by atoms with Crippen LogP contribution >= 0.6 is 0 Å². The Morgan fingerprint density at radius 1 is 0.805 bits per heavy atom. The van der Waals surface area contributed by atoms with E-state index in [9.17, 15) is 0 Å². The van der Waals surface area contributed by atoms with Gasteiger partial charge in [0, 0.05) is 0 Å². The average molecular weight is 550 g/mol. The highest BCUT2D eigenvalue weighted by molar-refractivity contribution is 5.81. The Labute approximate surface area is 237 Å². The van der Waals surface area contributed by atoms with Crippen molar-refractivity contribution in [1.29, 1.82) is 0 Å². The maximum Gasteiger partial charge on any atom is 0.167 e. The van der Waals surface area contributed by atoms with Crippen LogP contribution in [-0.4, -0.2) is 50.2 Å². The van der Waals surface area contributed by atoms with Crippen molar-refractivity contribution in [3.63, 3.8) is 0 Å². The summed E-state index contributed by atoms with van der Waals surface area (Å²) in [5.41, 5.74) is 9.30. The summed E-state index contributed by atoms with van der Waals surface area (Å²) >= 11 is 0. The van der Waals surface area contributed by atoms with E-state index in [4.69, 9.17) is 24.7 Å². The predicted molar refractivity (Wildman–Crippen MR) is 153 cm³/mol. The largest absolute Gasteiger partial charge is 0.382 e. The first kappa shape index (κ1) is 25.8. The van der Waals surface area contributed by atoms with E-state index in [1.165, 1.54) is 6.33 Å². The summed E-state index contributed by atoms with van der Waals surface area (Å²) in [6.45, 7) is 4.06. The van der Waals surface area contributed by atoms with Crippen LogP contribution in [0.2, 0.25) is 0 Å². The lowest BCUT2D eigenvalue weighted by molar-refractivity contribution is -0.204. The van der Waals surface area contributed by atoms with Crippen LogP contribution in [0.15, 0.2) is 104 Å². The molecule has 0 aliphatic carbocycles. The van der Waals surface area contributed by atoms with Gasteiger partial charge in [0.1, 0.15) is 35.8 Å². The van der Waals surface area contributed by atoms with Crippen molar-refractivity contribution >= 4 is 17.0 Å². The number of hydrogen-bond acceptors (Lipinski definition) is 8. The molecule has 9 heteroatoms. The third kappa shape index (κ3) is 4.38. The number of imidazole rings is 1. The Morgan fingerprint density at radius 2 is 1.37 bits per heavy atom. The predicted octanol–water partition coefficient (Wildman–Crippen LogP) is 4.83. The second-order valence-corrected chi connectivity index (χ2v) is 10.8. The molecule has 41 heavy (non-hydrogen) atoms. The zero-order valence-corrected chi connectivity index (χ0v) is 22.8. The molecule has 0 saturated carbocycles. The number of rotatable bonds is 7. The number of nitrogen functional groups attached to an aromatic ring is 1. The van der Waals surface area contributed by atoms with Crippen LogP contribution in [0.25, 0.3) is 11.2 Å². The first-order valence-electron chi connectivity index (χ1n) is 13.7. The molecule has 2 fully saturated rings. The van der Waals surface area contributed by atoms with Crippen LogP contribution in [0.5, 0.6) is 0 Å². The lowest BCUT2D eigenvalue weighted by Crippen LogP contribution is -2.39. The van der Waals surface area contributed by atoms with E-state index >= 15 is 0 Å². The summed E-state index contributed by atoms with van der Waals surface area (Å²) in [4.78, 5) is 12.9. The van der Waals surface area contributed by atoms with E-state index in [0.717, 1.165) is 16.7 Å². The second-order valence-electron chi connectivity index (χ2n) is 10.8. The Balaban J connectivity index is 1.28. The standard InChI is InChI=1S/C32H31N5O4/c1-31(2)40-26-24(39-30(27(26)41-31)37-20-36-25-28(33)34-19-35-29(25)37)18-38-32(21-12-6-3-7-13-21,22-14-8-4-9-15-22)23-16-10-5-11-17-23/h3-17,19-20,24,26-27,30H,18H2,1-2H3,(H2,33,34,35)/t24-,26+,27-,30-/m1/s1. The molecule has 9 nitrogen and oxygen atoms in total. The Bertz CT molecular complexity index is 1550. The zero-order valence-electron chi connectivity index (χ0n) is 22.8. The van der Waals surface area contributed by atoms with Gasteiger partial charge in [-0.3, -0.25) is 4.57 Å². The highest BCUT2D eigenvalue weighted by atomic mass is 16.8. The first-order valence-corrected chi connectivity index (χ1v) is 13.7. The van der Waals surface area contributed by atoms with Crippen molar-refractivity contribution in [2.45, 2.75) is 49.8 Å². The van der Waals surface area contributed by atoms with Gasteiger partial charge >= 0.3 is 0 Å². The maximum atomic E-state index is 7.09. The maximum absolute atomic E-state index is 7.09. The molecule has 2 saturated heterocycles. The molecule has 4 atom stereocenters. The summed E-state index contributed by atoms with van der Waals surface area (Å²) in [7, 11) is 0. The molecule has 3 aromatic carbocycles. The summed E-state index contributed by atoms with van der Waals surface area (Å²) in [6, 6.07) is 30.8. The molecule has 4 heterocycles. The van der Waals surface area contributed by atoms with Gasteiger partial charge in [0.2, 0.25) is 0 Å². The highest BCUT2D eigenvalue weighted by Crippen LogP contribution is 2.46. The Morgan fingerprint density at radius 3 is 1.95 bits per heavy atom. The van der Waals surface area contributed by atoms with E-state index < -0.39 is 29.8 Å². The SMILES string of the molecule is CC1(C)O[C@@H]2[C@@H](O1)[C@@H](COC(c1ccccc1)(c1ccccc1)c1ccccc1)O[C@H]2n1cnc2c(N)ncnc21. The van der Waals surface area contributed by atoms with Crippen molar-refractivity contribution in [3.05, 3.63) is 120 Å². The number of aromatic nitrogens is 4. The van der Waals surface area contributed by atoms with Crippen molar-refractivity contribution < 1.29 is 18.9 Å². The quantitative estimate of drug-likeness (QED) is 0.288. The monoisotopic (exact) mass is 549 g/mol. The van der Waals surface area contributed by atoms with Gasteiger partial charge in [-0.05, 0) is 30.5 Å². The van der Waals surface area contributed by atoms with Crippen molar-refractivity contribution in [2.24, 2.45) is 0 Å². The number of ether oxygens (including phenoxy) is 4. The van der Waals surface area contributed by atoms with Gasteiger partial charge in [0.15, 0.2) is 23.5 Å². The molecule has 0 spiro atoms. The van der Waals surface area contributed by atoms with Crippen LogP contribution in [0.4, 0.5) is 5.82 Å². The fraction of sp³-hybridized carbons (Fsp3) is 0.281. The molecule has 7 rings (SSSR count). The topological polar surface area (TPSA) is 107 Å². The van der Waals surface area contributed by atoms with Crippen LogP contribution in [0.3, 0.4) is 0 Å². The van der Waals surface area contributed by atoms with Gasteiger partial charge in [0.25, 0.3) is 0 Å². The van der Waals surface area contributed by atoms with Gasteiger partial charge in [-0.1, -0.05) is 91.0 Å². The number of hydrogen-bond donors (Lipinski definition) is 1. The number of nitrogens with two attached hydrogens (primary N) is 1. The van der Waals surface area contributed by atoms with E-state index in [1.807, 2.05) is 73.0 Å². The third-order valence-electron chi connectivity index (χ3n) is 7.79. The minimum absolute atomic E-state index is 0.236. The molecule has 208 valence electrons. The van der Waals surface area contributed by atoms with Crippen molar-refractivity contribution in [3.8, 4) is 0 Å². The molecule has 5 aromatic rings. The number of anilines is 1. The molecule has 0 radical (unpaired) electrons. The molecular formula is C32H31N5O4. The Kier molecular flexibility index (Phi) is 6.32. The summed E-state index contributed by atoms with van der Waals surface area (Å²) in [5.74, 6) is -0.486. The van der Waals surface area contributed by atoms with Gasteiger partial charge in [-0.15, -0.1) is 0 Å². The highest BCUT2D eigenvalue weighted by Gasteiger charge is 2.57. The molecule has 2 aliphatic heterocycles. The summed E-state index contributed by atoms with van der Waals surface area (Å²) in [6.07, 6.45) is 1.30. The average Bonchev–Trinajstić information content (AvgIpc) is 3.67. The fourth-order valence-electron chi connectivity index (χ4n) is 6.05. The van der Waals surface area contributed by atoms with Crippen molar-refractivity contribution in [2.75, 3.05) is 12.3 Å². The molecule has 2 N–H and O–H groups in total. The van der Waals surface area contributed by atoms with Crippen LogP contribution in [0, 0.1) is 0 Å². The van der Waals surface area contributed by atoms with Crippen LogP contribution in [0.1, 0.15) is 36.8 Å². The number of fused-ring (bicyclic) bond motifs is 2. The minimum atomic E-state index is -0.890. The second kappa shape index (κ2) is 10.0. The van der Waals surface area contributed by atoms with E-state index in [-0.39, 0.29) is 12.7 Å². The van der Waals surface area contributed by atoms with Crippen molar-refractivity contribution in [1.82, 2.24) is 19.5 Å². The third-order valence-corrected chi connectivity index (χ3v) is 7.79. The van der Waals surface area contributed by atoms with E-state index in [0.29, 0.717) is 17.0 Å².